The fraction of sp³-hybridized carbons (Fsp3) is 0.176. The van der Waals surface area contributed by atoms with Crippen LogP contribution in [0.2, 0.25) is 0 Å². The van der Waals surface area contributed by atoms with Gasteiger partial charge in [0.2, 0.25) is 0 Å². The summed E-state index contributed by atoms with van der Waals surface area (Å²) in [6.07, 6.45) is 4.44. The molecule has 0 heteroatoms. The van der Waals surface area contributed by atoms with Crippen molar-refractivity contribution in [2.75, 3.05) is 0 Å². The minimum absolute atomic E-state index is 0.454. The second-order valence-corrected chi connectivity index (χ2v) is 4.47. The zero-order valence-corrected chi connectivity index (χ0v) is 10.4. The zero-order valence-electron chi connectivity index (χ0n) is 10.4. The Morgan fingerprint density at radius 3 is 2.18 bits per heavy atom. The number of rotatable bonds is 3. The third-order valence-electron chi connectivity index (χ3n) is 2.98. The number of hydrogen-bond donors (Lipinski definition) is 0. The fourth-order valence-electron chi connectivity index (χ4n) is 1.80. The van der Waals surface area contributed by atoms with Crippen molar-refractivity contribution >= 4 is 6.08 Å². The molecule has 1 unspecified atom stereocenters. The number of aryl methyl sites for hydroxylation is 1. The van der Waals surface area contributed by atoms with Crippen molar-refractivity contribution < 1.29 is 0 Å². The third kappa shape index (κ3) is 3.32. The Balaban J connectivity index is 2.09. The molecule has 0 aliphatic rings. The van der Waals surface area contributed by atoms with Crippen LogP contribution < -0.4 is 0 Å². The molecular formula is C17H18. The van der Waals surface area contributed by atoms with E-state index in [2.05, 4.69) is 74.5 Å². The van der Waals surface area contributed by atoms with E-state index in [1.54, 1.807) is 0 Å². The van der Waals surface area contributed by atoms with Crippen LogP contribution in [0.15, 0.2) is 60.7 Å². The Kier molecular flexibility index (Phi) is 3.77. The molecule has 17 heavy (non-hydrogen) atoms. The number of benzene rings is 2. The first-order valence-electron chi connectivity index (χ1n) is 6.05. The predicted molar refractivity (Wildman–Crippen MR) is 75.1 cm³/mol. The first kappa shape index (κ1) is 11.7. The predicted octanol–water partition coefficient (Wildman–Crippen LogP) is 4.81. The van der Waals surface area contributed by atoms with E-state index >= 15 is 0 Å². The summed E-state index contributed by atoms with van der Waals surface area (Å²) in [7, 11) is 0. The van der Waals surface area contributed by atoms with Crippen LogP contribution in [-0.4, -0.2) is 0 Å². The lowest BCUT2D eigenvalue weighted by Crippen LogP contribution is -1.88. The van der Waals surface area contributed by atoms with E-state index in [4.69, 9.17) is 0 Å². The van der Waals surface area contributed by atoms with Gasteiger partial charge in [-0.3, -0.25) is 0 Å². The molecular weight excluding hydrogens is 204 g/mol. The van der Waals surface area contributed by atoms with Crippen molar-refractivity contribution in [3.63, 3.8) is 0 Å². The second-order valence-electron chi connectivity index (χ2n) is 4.47. The summed E-state index contributed by atoms with van der Waals surface area (Å²) < 4.78 is 0. The van der Waals surface area contributed by atoms with Gasteiger partial charge in [-0.25, -0.2) is 0 Å². The minimum atomic E-state index is 0.454. The molecule has 0 aliphatic carbocycles. The molecule has 0 N–H and O–H groups in total. The van der Waals surface area contributed by atoms with Gasteiger partial charge in [-0.05, 0) is 24.0 Å². The minimum Gasteiger partial charge on any atom is -0.0767 e. The van der Waals surface area contributed by atoms with E-state index in [-0.39, 0.29) is 0 Å². The van der Waals surface area contributed by atoms with Gasteiger partial charge in [-0.2, -0.15) is 0 Å². The van der Waals surface area contributed by atoms with Gasteiger partial charge in [0.25, 0.3) is 0 Å². The first-order valence-corrected chi connectivity index (χ1v) is 6.05. The Morgan fingerprint density at radius 1 is 0.882 bits per heavy atom. The van der Waals surface area contributed by atoms with Crippen LogP contribution in [0.1, 0.15) is 29.5 Å². The largest absolute Gasteiger partial charge is 0.0767 e. The molecule has 0 bridgehead atoms. The van der Waals surface area contributed by atoms with Gasteiger partial charge in [0, 0.05) is 0 Å². The molecule has 86 valence electrons. The first-order chi connectivity index (χ1) is 8.25. The molecule has 1 atom stereocenters. The number of allylic oxidation sites excluding steroid dienone is 1. The van der Waals surface area contributed by atoms with Crippen LogP contribution in [0, 0.1) is 6.92 Å². The highest BCUT2D eigenvalue weighted by Gasteiger charge is 1.99. The highest BCUT2D eigenvalue weighted by atomic mass is 14.0. The summed E-state index contributed by atoms with van der Waals surface area (Å²) in [6, 6.07) is 19.2. The maximum Gasteiger partial charge on any atom is -0.000710 e. The molecule has 2 aromatic rings. The zero-order chi connectivity index (χ0) is 12.1. The molecule has 0 radical (unpaired) electrons. The normalized spacial score (nSPS) is 12.8. The summed E-state index contributed by atoms with van der Waals surface area (Å²) in [4.78, 5) is 0. The van der Waals surface area contributed by atoms with Crippen molar-refractivity contribution in [3.8, 4) is 0 Å². The Morgan fingerprint density at radius 2 is 1.53 bits per heavy atom. The van der Waals surface area contributed by atoms with E-state index in [0.29, 0.717) is 5.92 Å². The molecule has 0 amide bonds. The highest BCUT2D eigenvalue weighted by molar-refractivity contribution is 5.50. The lowest BCUT2D eigenvalue weighted by atomic mass is 9.99. The average molecular weight is 222 g/mol. The lowest BCUT2D eigenvalue weighted by Gasteiger charge is -2.06. The van der Waals surface area contributed by atoms with E-state index < -0.39 is 0 Å². The standard InChI is InChI=1S/C17H18/c1-14-8-12-17(13-9-14)15(2)10-11-16-6-4-3-5-7-16/h3-13,15H,1-2H3. The van der Waals surface area contributed by atoms with Crippen molar-refractivity contribution in [2.24, 2.45) is 0 Å². The topological polar surface area (TPSA) is 0 Å². The van der Waals surface area contributed by atoms with Crippen LogP contribution in [0.4, 0.5) is 0 Å². The maximum atomic E-state index is 2.25. The van der Waals surface area contributed by atoms with Crippen LogP contribution in [0.5, 0.6) is 0 Å². The fourth-order valence-corrected chi connectivity index (χ4v) is 1.80. The molecule has 0 saturated heterocycles. The van der Waals surface area contributed by atoms with E-state index in [1.165, 1.54) is 16.7 Å². The van der Waals surface area contributed by atoms with Gasteiger partial charge < -0.3 is 0 Å². The molecule has 0 spiro atoms. The van der Waals surface area contributed by atoms with Crippen molar-refractivity contribution in [1.29, 1.82) is 0 Å². The van der Waals surface area contributed by atoms with Gasteiger partial charge in [0.1, 0.15) is 0 Å². The Hall–Kier alpha value is -1.82. The van der Waals surface area contributed by atoms with Gasteiger partial charge in [-0.15, -0.1) is 0 Å². The van der Waals surface area contributed by atoms with Crippen molar-refractivity contribution in [1.82, 2.24) is 0 Å². The van der Waals surface area contributed by atoms with Crippen LogP contribution in [0.3, 0.4) is 0 Å². The van der Waals surface area contributed by atoms with E-state index in [9.17, 15) is 0 Å². The Bertz CT molecular complexity index is 477. The van der Waals surface area contributed by atoms with Gasteiger partial charge in [0.05, 0.1) is 0 Å². The summed E-state index contributed by atoms with van der Waals surface area (Å²) in [6.45, 7) is 4.35. The molecule has 0 saturated carbocycles. The molecule has 0 fully saturated rings. The monoisotopic (exact) mass is 222 g/mol. The quantitative estimate of drug-likeness (QED) is 0.699. The van der Waals surface area contributed by atoms with E-state index in [0.717, 1.165) is 0 Å². The lowest BCUT2D eigenvalue weighted by molar-refractivity contribution is 0.971. The van der Waals surface area contributed by atoms with Crippen molar-refractivity contribution in [2.45, 2.75) is 19.8 Å². The second kappa shape index (κ2) is 5.49. The molecule has 2 rings (SSSR count). The average Bonchev–Trinajstić information content (AvgIpc) is 2.38. The van der Waals surface area contributed by atoms with Crippen molar-refractivity contribution in [3.05, 3.63) is 77.4 Å². The summed E-state index contributed by atoms with van der Waals surface area (Å²) in [5.74, 6) is 0.454. The highest BCUT2D eigenvalue weighted by Crippen LogP contribution is 2.18. The summed E-state index contributed by atoms with van der Waals surface area (Å²) >= 11 is 0. The summed E-state index contributed by atoms with van der Waals surface area (Å²) in [5.41, 5.74) is 3.93. The van der Waals surface area contributed by atoms with Gasteiger partial charge in [-0.1, -0.05) is 79.2 Å². The SMILES string of the molecule is Cc1ccc(C(C)C=Cc2ccccc2)cc1. The molecule has 0 aromatic heterocycles. The van der Waals surface area contributed by atoms with Crippen LogP contribution >= 0.6 is 0 Å². The molecule has 0 nitrogen and oxygen atoms in total. The van der Waals surface area contributed by atoms with E-state index in [1.807, 2.05) is 6.07 Å². The van der Waals surface area contributed by atoms with Gasteiger partial charge >= 0.3 is 0 Å². The van der Waals surface area contributed by atoms with Crippen LogP contribution in [-0.2, 0) is 0 Å². The third-order valence-corrected chi connectivity index (χ3v) is 2.98. The summed E-state index contributed by atoms with van der Waals surface area (Å²) in [5, 5.41) is 0. The van der Waals surface area contributed by atoms with Crippen LogP contribution in [0.25, 0.3) is 6.08 Å². The smallest absolute Gasteiger partial charge is 0.000710 e. The Labute approximate surface area is 104 Å². The maximum absolute atomic E-state index is 2.25. The molecule has 0 aliphatic heterocycles. The molecule has 0 heterocycles. The molecule has 2 aromatic carbocycles. The number of hydrogen-bond acceptors (Lipinski definition) is 0. The van der Waals surface area contributed by atoms with Gasteiger partial charge in [0.15, 0.2) is 0 Å².